The Morgan fingerprint density at radius 3 is 1.92 bits per heavy atom. The molecule has 76 valence electrons. The van der Waals surface area contributed by atoms with Crippen LogP contribution in [-0.2, 0) is 4.79 Å². The van der Waals surface area contributed by atoms with Crippen molar-refractivity contribution in [3.05, 3.63) is 12.2 Å². The number of carbonyl (C=O) groups is 1. The van der Waals surface area contributed by atoms with Crippen molar-refractivity contribution in [3.8, 4) is 0 Å². The summed E-state index contributed by atoms with van der Waals surface area (Å²) < 4.78 is 0. The first-order valence-electron chi connectivity index (χ1n) is 4.53. The van der Waals surface area contributed by atoms with Crippen molar-refractivity contribution in [2.24, 2.45) is 0 Å². The van der Waals surface area contributed by atoms with E-state index in [4.69, 9.17) is 5.11 Å². The lowest BCUT2D eigenvalue weighted by molar-refractivity contribution is -0.131. The predicted molar refractivity (Wildman–Crippen MR) is 53.3 cm³/mol. The number of amides is 1. The Bertz CT molecular complexity index is 189. The first kappa shape index (κ1) is 12.2. The molecule has 0 aromatic carbocycles. The molecule has 0 atom stereocenters. The minimum atomic E-state index is -0.269. The molecule has 0 bridgehead atoms. The zero-order valence-electron chi connectivity index (χ0n) is 8.87. The molecule has 3 nitrogen and oxygen atoms in total. The van der Waals surface area contributed by atoms with E-state index in [-0.39, 0.29) is 30.2 Å². The first-order chi connectivity index (χ1) is 5.91. The van der Waals surface area contributed by atoms with Gasteiger partial charge in [0.05, 0.1) is 6.61 Å². The number of aliphatic hydroxyl groups is 1. The van der Waals surface area contributed by atoms with E-state index in [1.54, 1.807) is 4.90 Å². The zero-order valence-corrected chi connectivity index (χ0v) is 8.87. The third-order valence-corrected chi connectivity index (χ3v) is 1.84. The number of carbonyl (C=O) groups excluding carboxylic acids is 1. The minimum Gasteiger partial charge on any atom is -0.391 e. The van der Waals surface area contributed by atoms with Crippen molar-refractivity contribution in [1.82, 2.24) is 4.90 Å². The van der Waals surface area contributed by atoms with Crippen molar-refractivity contribution < 1.29 is 9.90 Å². The third-order valence-electron chi connectivity index (χ3n) is 1.84. The summed E-state index contributed by atoms with van der Waals surface area (Å²) in [7, 11) is 0. The van der Waals surface area contributed by atoms with Gasteiger partial charge in [0, 0.05) is 17.7 Å². The summed E-state index contributed by atoms with van der Waals surface area (Å²) in [5.74, 6) is -0.160. The molecule has 0 aromatic heterocycles. The molecule has 0 radical (unpaired) electrons. The highest BCUT2D eigenvalue weighted by atomic mass is 16.3. The highest BCUT2D eigenvalue weighted by Gasteiger charge is 2.21. The Hall–Kier alpha value is -0.830. The topological polar surface area (TPSA) is 40.5 Å². The highest BCUT2D eigenvalue weighted by molar-refractivity contribution is 5.93. The van der Waals surface area contributed by atoms with Gasteiger partial charge in [0.1, 0.15) is 0 Å². The minimum absolute atomic E-state index is 0.135. The van der Waals surface area contributed by atoms with Crippen molar-refractivity contribution in [3.63, 3.8) is 0 Å². The van der Waals surface area contributed by atoms with Crippen molar-refractivity contribution >= 4 is 5.91 Å². The molecular weight excluding hydrogens is 166 g/mol. The van der Waals surface area contributed by atoms with Crippen LogP contribution in [0, 0.1) is 0 Å². The van der Waals surface area contributed by atoms with E-state index >= 15 is 0 Å². The highest BCUT2D eigenvalue weighted by Crippen LogP contribution is 2.09. The number of hydrogen-bond acceptors (Lipinski definition) is 2. The summed E-state index contributed by atoms with van der Waals surface area (Å²) in [4.78, 5) is 13.3. The monoisotopic (exact) mass is 185 g/mol. The molecule has 0 spiro atoms. The van der Waals surface area contributed by atoms with Gasteiger partial charge in [0.15, 0.2) is 0 Å². The smallest absolute Gasteiger partial charge is 0.251 e. The maximum atomic E-state index is 11.6. The first-order valence-corrected chi connectivity index (χ1v) is 4.53. The molecule has 3 heteroatoms. The fraction of sp³-hybridized carbons (Fsp3) is 0.700. The normalized spacial score (nSPS) is 10.7. The summed E-state index contributed by atoms with van der Waals surface area (Å²) in [6, 6.07) is 0.270. The molecule has 0 saturated heterocycles. The predicted octanol–water partition coefficient (Wildman–Crippen LogP) is 1.18. The van der Waals surface area contributed by atoms with E-state index in [9.17, 15) is 4.79 Å². The second-order valence-electron chi connectivity index (χ2n) is 3.66. The van der Waals surface area contributed by atoms with E-state index in [0.717, 1.165) is 0 Å². The number of hydrogen-bond donors (Lipinski definition) is 1. The second-order valence-corrected chi connectivity index (χ2v) is 3.66. The molecular formula is C10H19NO2. The quantitative estimate of drug-likeness (QED) is 0.668. The number of nitrogens with zero attached hydrogens (tertiary/aromatic N) is 1. The average Bonchev–Trinajstić information content (AvgIpc) is 2.01. The summed E-state index contributed by atoms with van der Waals surface area (Å²) in [6.07, 6.45) is 0. The maximum Gasteiger partial charge on any atom is 0.251 e. The molecule has 13 heavy (non-hydrogen) atoms. The van der Waals surface area contributed by atoms with Gasteiger partial charge in [-0.25, -0.2) is 0 Å². The largest absolute Gasteiger partial charge is 0.391 e. The van der Waals surface area contributed by atoms with E-state index in [1.807, 2.05) is 27.7 Å². The van der Waals surface area contributed by atoms with Gasteiger partial charge in [-0.1, -0.05) is 6.58 Å². The standard InChI is InChI=1S/C10H19NO2/c1-7(2)11(8(3)4)10(13)9(5)6-12/h7-8,12H,5-6H2,1-4H3. The van der Waals surface area contributed by atoms with Crippen LogP contribution in [-0.4, -0.2) is 34.6 Å². The van der Waals surface area contributed by atoms with Gasteiger partial charge in [0.25, 0.3) is 5.91 Å². The van der Waals surface area contributed by atoms with Gasteiger partial charge in [-0.2, -0.15) is 0 Å². The summed E-state index contributed by atoms with van der Waals surface area (Å²) in [5.41, 5.74) is 0.252. The maximum absolute atomic E-state index is 11.6. The lowest BCUT2D eigenvalue weighted by Crippen LogP contribution is -2.43. The van der Waals surface area contributed by atoms with E-state index in [0.29, 0.717) is 0 Å². The van der Waals surface area contributed by atoms with Crippen LogP contribution < -0.4 is 0 Å². The van der Waals surface area contributed by atoms with Gasteiger partial charge in [-0.05, 0) is 27.7 Å². The lowest BCUT2D eigenvalue weighted by Gasteiger charge is -2.31. The SMILES string of the molecule is C=C(CO)C(=O)N(C(C)C)C(C)C. The van der Waals surface area contributed by atoms with Crippen LogP contribution in [0.2, 0.25) is 0 Å². The summed E-state index contributed by atoms with van der Waals surface area (Å²) in [6.45, 7) is 11.0. The molecule has 0 aliphatic heterocycles. The fourth-order valence-corrected chi connectivity index (χ4v) is 1.32. The fourth-order valence-electron chi connectivity index (χ4n) is 1.32. The Morgan fingerprint density at radius 2 is 1.69 bits per heavy atom. The third kappa shape index (κ3) is 3.19. The van der Waals surface area contributed by atoms with Gasteiger partial charge < -0.3 is 10.0 Å². The van der Waals surface area contributed by atoms with Crippen LogP contribution >= 0.6 is 0 Å². The van der Waals surface area contributed by atoms with Crippen LogP contribution in [0.15, 0.2) is 12.2 Å². The van der Waals surface area contributed by atoms with Gasteiger partial charge in [-0.3, -0.25) is 4.79 Å². The Balaban J connectivity index is 4.56. The molecule has 1 N–H and O–H groups in total. The summed E-state index contributed by atoms with van der Waals surface area (Å²) >= 11 is 0. The van der Waals surface area contributed by atoms with Crippen LogP contribution in [0.25, 0.3) is 0 Å². The molecule has 0 fully saturated rings. The van der Waals surface area contributed by atoms with E-state index < -0.39 is 0 Å². The molecule has 0 aromatic rings. The average molecular weight is 185 g/mol. The Kier molecular flexibility index (Phi) is 4.70. The lowest BCUT2D eigenvalue weighted by atomic mass is 10.2. The Morgan fingerprint density at radius 1 is 1.31 bits per heavy atom. The molecule has 0 heterocycles. The van der Waals surface area contributed by atoms with Gasteiger partial charge >= 0.3 is 0 Å². The molecule has 0 saturated carbocycles. The molecule has 0 unspecified atom stereocenters. The molecule has 1 amide bonds. The van der Waals surface area contributed by atoms with E-state index in [1.165, 1.54) is 0 Å². The van der Waals surface area contributed by atoms with Crippen LogP contribution in [0.3, 0.4) is 0 Å². The van der Waals surface area contributed by atoms with Crippen molar-refractivity contribution in [2.45, 2.75) is 39.8 Å². The number of aliphatic hydroxyl groups excluding tert-OH is 1. The molecule has 0 aliphatic rings. The summed E-state index contributed by atoms with van der Waals surface area (Å²) in [5, 5.41) is 8.77. The van der Waals surface area contributed by atoms with Gasteiger partial charge in [-0.15, -0.1) is 0 Å². The number of rotatable bonds is 4. The molecule has 0 aliphatic carbocycles. The van der Waals surface area contributed by atoms with Crippen molar-refractivity contribution in [2.75, 3.05) is 6.61 Å². The van der Waals surface area contributed by atoms with Crippen LogP contribution in [0.4, 0.5) is 0 Å². The van der Waals surface area contributed by atoms with E-state index in [2.05, 4.69) is 6.58 Å². The van der Waals surface area contributed by atoms with Crippen LogP contribution in [0.5, 0.6) is 0 Å². The van der Waals surface area contributed by atoms with Gasteiger partial charge in [0.2, 0.25) is 0 Å². The zero-order chi connectivity index (χ0) is 10.6. The van der Waals surface area contributed by atoms with Crippen molar-refractivity contribution in [1.29, 1.82) is 0 Å². The van der Waals surface area contributed by atoms with Crippen LogP contribution in [0.1, 0.15) is 27.7 Å². The molecule has 0 rings (SSSR count). The second kappa shape index (κ2) is 5.02. The Labute approximate surface area is 80.0 Å².